The van der Waals surface area contributed by atoms with Crippen LogP contribution in [0.1, 0.15) is 24.9 Å². The van der Waals surface area contributed by atoms with Crippen LogP contribution in [-0.4, -0.2) is 46.0 Å². The molecule has 0 saturated heterocycles. The fraction of sp³-hybridized carbons (Fsp3) is 0.571. The number of hydrogen-bond acceptors (Lipinski definition) is 4. The van der Waals surface area contributed by atoms with Crippen LogP contribution in [0.25, 0.3) is 0 Å². The van der Waals surface area contributed by atoms with E-state index in [1.807, 2.05) is 31.2 Å². The van der Waals surface area contributed by atoms with Crippen molar-refractivity contribution in [3.05, 3.63) is 29.8 Å². The summed E-state index contributed by atoms with van der Waals surface area (Å²) in [5, 5.41) is 3.18. The molecule has 1 heterocycles. The molecule has 0 aliphatic carbocycles. The number of ether oxygens (including phenoxy) is 1. The molecule has 2 rings (SSSR count). The Balaban J connectivity index is 1.92. The van der Waals surface area contributed by atoms with E-state index in [1.54, 1.807) is 7.05 Å². The second-order valence-electron chi connectivity index (χ2n) is 5.05. The third kappa shape index (κ3) is 4.16. The van der Waals surface area contributed by atoms with E-state index in [9.17, 15) is 8.42 Å². The summed E-state index contributed by atoms with van der Waals surface area (Å²) in [4.78, 5) is 0. The Kier molecular flexibility index (Phi) is 5.58. The van der Waals surface area contributed by atoms with Gasteiger partial charge in [0.25, 0.3) is 10.2 Å². The molecule has 7 heteroatoms. The maximum absolute atomic E-state index is 12.3. The molecular weight excluding hydrogens is 290 g/mol. The number of benzene rings is 1. The first kappa shape index (κ1) is 16.2. The number of hydrogen-bond donors (Lipinski definition) is 2. The molecule has 1 aliphatic heterocycles. The average Bonchev–Trinajstić information content (AvgIpc) is 2.86. The van der Waals surface area contributed by atoms with Gasteiger partial charge in [-0.3, -0.25) is 0 Å². The Bertz CT molecular complexity index is 562. The van der Waals surface area contributed by atoms with Crippen molar-refractivity contribution in [2.24, 2.45) is 0 Å². The van der Waals surface area contributed by atoms with Crippen molar-refractivity contribution in [1.29, 1.82) is 0 Å². The molecule has 1 unspecified atom stereocenters. The number of nitrogens with one attached hydrogen (secondary N) is 2. The lowest BCUT2D eigenvalue weighted by molar-refractivity contribution is 0.321. The largest absolute Gasteiger partial charge is 0.491 e. The fourth-order valence-corrected chi connectivity index (χ4v) is 3.36. The smallest absolute Gasteiger partial charge is 0.279 e. The van der Waals surface area contributed by atoms with Crippen molar-refractivity contribution in [3.8, 4) is 5.75 Å². The molecule has 1 aliphatic rings. The summed E-state index contributed by atoms with van der Waals surface area (Å²) in [5.41, 5.74) is 0.891. The van der Waals surface area contributed by atoms with Crippen molar-refractivity contribution >= 4 is 10.2 Å². The normalized spacial score (nSPS) is 17.8. The van der Waals surface area contributed by atoms with Crippen molar-refractivity contribution < 1.29 is 13.2 Å². The second-order valence-corrected chi connectivity index (χ2v) is 6.86. The molecule has 1 aromatic rings. The Morgan fingerprint density at radius 2 is 2.14 bits per heavy atom. The van der Waals surface area contributed by atoms with Crippen LogP contribution in [0.2, 0.25) is 0 Å². The monoisotopic (exact) mass is 313 g/mol. The maximum atomic E-state index is 12.3. The lowest BCUT2D eigenvalue weighted by Gasteiger charge is -2.20. The number of rotatable bonds is 8. The van der Waals surface area contributed by atoms with Gasteiger partial charge in [-0.2, -0.15) is 17.4 Å². The summed E-state index contributed by atoms with van der Waals surface area (Å²) in [6, 6.07) is 7.18. The van der Waals surface area contributed by atoms with Gasteiger partial charge in [-0.1, -0.05) is 25.1 Å². The van der Waals surface area contributed by atoms with Gasteiger partial charge in [0, 0.05) is 19.2 Å². The Morgan fingerprint density at radius 3 is 2.90 bits per heavy atom. The van der Waals surface area contributed by atoms with Gasteiger partial charge < -0.3 is 10.1 Å². The highest BCUT2D eigenvalue weighted by molar-refractivity contribution is 7.87. The van der Waals surface area contributed by atoms with Crippen molar-refractivity contribution in [1.82, 2.24) is 14.3 Å². The van der Waals surface area contributed by atoms with Crippen LogP contribution < -0.4 is 14.8 Å². The van der Waals surface area contributed by atoms with E-state index in [1.165, 1.54) is 4.31 Å². The molecule has 0 amide bonds. The highest BCUT2D eigenvalue weighted by Crippen LogP contribution is 2.32. The highest BCUT2D eigenvalue weighted by Gasteiger charge is 2.29. The molecule has 0 bridgehead atoms. The number of nitrogens with zero attached hydrogens (tertiary/aromatic N) is 1. The summed E-state index contributed by atoms with van der Waals surface area (Å²) in [6.45, 7) is 4.55. The van der Waals surface area contributed by atoms with E-state index in [-0.39, 0.29) is 6.04 Å². The van der Waals surface area contributed by atoms with Crippen molar-refractivity contribution in [2.45, 2.75) is 19.4 Å². The molecule has 2 N–H and O–H groups in total. The first-order chi connectivity index (χ1) is 10.0. The maximum Gasteiger partial charge on any atom is 0.279 e. The number of fused-ring (bicyclic) bond motifs is 1. The lowest BCUT2D eigenvalue weighted by atomic mass is 10.1. The predicted octanol–water partition coefficient (Wildman–Crippen LogP) is 0.886. The molecular formula is C14H23N3O3S. The molecule has 0 fully saturated rings. The Hall–Kier alpha value is -1.15. The molecule has 6 nitrogen and oxygen atoms in total. The summed E-state index contributed by atoms with van der Waals surface area (Å²) >= 11 is 0. The highest BCUT2D eigenvalue weighted by atomic mass is 32.2. The molecule has 0 aromatic heterocycles. The van der Waals surface area contributed by atoms with Crippen molar-refractivity contribution in [2.75, 3.05) is 33.3 Å². The molecule has 1 aromatic carbocycles. The van der Waals surface area contributed by atoms with Crippen LogP contribution in [0.4, 0.5) is 0 Å². The zero-order chi connectivity index (χ0) is 15.3. The third-order valence-electron chi connectivity index (χ3n) is 3.48. The van der Waals surface area contributed by atoms with Crippen LogP contribution in [0, 0.1) is 0 Å². The zero-order valence-corrected chi connectivity index (χ0v) is 13.3. The minimum absolute atomic E-state index is 0.317. The van der Waals surface area contributed by atoms with Crippen LogP contribution in [0.3, 0.4) is 0 Å². The number of para-hydroxylation sites is 1. The fourth-order valence-electron chi connectivity index (χ4n) is 2.25. The molecule has 0 spiro atoms. The first-order valence-corrected chi connectivity index (χ1v) is 8.64. The van der Waals surface area contributed by atoms with Crippen LogP contribution in [0.15, 0.2) is 24.3 Å². The predicted molar refractivity (Wildman–Crippen MR) is 82.5 cm³/mol. The topological polar surface area (TPSA) is 70.7 Å². The van der Waals surface area contributed by atoms with Gasteiger partial charge in [0.2, 0.25) is 0 Å². The molecule has 0 saturated carbocycles. The first-order valence-electron chi connectivity index (χ1n) is 7.20. The van der Waals surface area contributed by atoms with Crippen LogP contribution in [-0.2, 0) is 10.2 Å². The summed E-state index contributed by atoms with van der Waals surface area (Å²) in [6.07, 6.45) is 0.781. The quantitative estimate of drug-likeness (QED) is 0.699. The van der Waals surface area contributed by atoms with Gasteiger partial charge in [-0.15, -0.1) is 0 Å². The Labute approximate surface area is 126 Å². The standard InChI is InChI=1S/C14H23N3O3S/c1-3-15-9-6-10-17(2)21(18,19)16-13-11-20-14-8-5-4-7-12(13)14/h4-5,7-8,13,15-16H,3,6,9-11H2,1-2H3. The SMILES string of the molecule is CCNCCCN(C)S(=O)(=O)NC1COc2ccccc21. The minimum atomic E-state index is -3.50. The Morgan fingerprint density at radius 1 is 1.38 bits per heavy atom. The van der Waals surface area contributed by atoms with Gasteiger partial charge >= 0.3 is 0 Å². The minimum Gasteiger partial charge on any atom is -0.491 e. The van der Waals surface area contributed by atoms with Gasteiger partial charge in [-0.05, 0) is 25.6 Å². The summed E-state index contributed by atoms with van der Waals surface area (Å²) in [7, 11) is -1.90. The average molecular weight is 313 g/mol. The van der Waals surface area contributed by atoms with E-state index in [0.717, 1.165) is 30.8 Å². The molecule has 118 valence electrons. The van der Waals surface area contributed by atoms with Gasteiger partial charge in [0.1, 0.15) is 12.4 Å². The van der Waals surface area contributed by atoms with Crippen molar-refractivity contribution in [3.63, 3.8) is 0 Å². The molecule has 21 heavy (non-hydrogen) atoms. The van der Waals surface area contributed by atoms with E-state index in [2.05, 4.69) is 10.0 Å². The second kappa shape index (κ2) is 7.22. The third-order valence-corrected chi connectivity index (χ3v) is 5.06. The van der Waals surface area contributed by atoms with Gasteiger partial charge in [0.05, 0.1) is 6.04 Å². The lowest BCUT2D eigenvalue weighted by Crippen LogP contribution is -2.41. The summed E-state index contributed by atoms with van der Waals surface area (Å²) < 4.78 is 34.1. The van der Waals surface area contributed by atoms with Crippen LogP contribution >= 0.6 is 0 Å². The van der Waals surface area contributed by atoms with E-state index < -0.39 is 10.2 Å². The van der Waals surface area contributed by atoms with E-state index in [0.29, 0.717) is 13.2 Å². The van der Waals surface area contributed by atoms with Gasteiger partial charge in [-0.25, -0.2) is 0 Å². The summed E-state index contributed by atoms with van der Waals surface area (Å²) in [5.74, 6) is 0.750. The molecule has 1 atom stereocenters. The van der Waals surface area contributed by atoms with Crippen LogP contribution in [0.5, 0.6) is 5.75 Å². The van der Waals surface area contributed by atoms with Gasteiger partial charge in [0.15, 0.2) is 0 Å². The van der Waals surface area contributed by atoms with E-state index >= 15 is 0 Å². The zero-order valence-electron chi connectivity index (χ0n) is 12.5. The molecule has 0 radical (unpaired) electrons. The van der Waals surface area contributed by atoms with E-state index in [4.69, 9.17) is 4.74 Å².